The highest BCUT2D eigenvalue weighted by molar-refractivity contribution is 5.75. The van der Waals surface area contributed by atoms with Crippen LogP contribution in [0.2, 0.25) is 0 Å². The van der Waals surface area contributed by atoms with Crippen LogP contribution in [-0.4, -0.2) is 33.7 Å². The van der Waals surface area contributed by atoms with Crippen LogP contribution in [0, 0.1) is 6.92 Å². The van der Waals surface area contributed by atoms with E-state index in [0.717, 1.165) is 18.7 Å². The number of carbonyl (C=O) groups is 1. The molecule has 4 heteroatoms. The molecular formula is C10H17N3O. The van der Waals surface area contributed by atoms with Gasteiger partial charge < -0.3 is 4.90 Å². The molecule has 0 unspecified atom stereocenters. The molecule has 1 heterocycles. The van der Waals surface area contributed by atoms with E-state index in [4.69, 9.17) is 0 Å². The molecule has 0 saturated carbocycles. The molecule has 0 radical (unpaired) electrons. The maximum atomic E-state index is 11.6. The third-order valence-electron chi connectivity index (χ3n) is 2.18. The molecule has 0 aromatic carbocycles. The summed E-state index contributed by atoms with van der Waals surface area (Å²) in [7, 11) is 0. The zero-order chi connectivity index (χ0) is 10.6. The largest absolute Gasteiger partial charge is 0.342 e. The highest BCUT2D eigenvalue weighted by atomic mass is 16.2. The molecule has 78 valence electrons. The van der Waals surface area contributed by atoms with Crippen LogP contribution < -0.4 is 0 Å². The number of hydrogen-bond acceptors (Lipinski definition) is 2. The highest BCUT2D eigenvalue weighted by Crippen LogP contribution is 1.97. The summed E-state index contributed by atoms with van der Waals surface area (Å²) >= 11 is 0. The van der Waals surface area contributed by atoms with Crippen molar-refractivity contribution < 1.29 is 4.79 Å². The van der Waals surface area contributed by atoms with Crippen molar-refractivity contribution in [1.82, 2.24) is 14.7 Å². The van der Waals surface area contributed by atoms with E-state index in [2.05, 4.69) is 5.10 Å². The molecule has 0 aliphatic carbocycles. The number of aromatic nitrogens is 2. The number of likely N-dealkylation sites (N-methyl/N-ethyl adjacent to an activating group) is 1. The van der Waals surface area contributed by atoms with Gasteiger partial charge in [-0.1, -0.05) is 0 Å². The minimum Gasteiger partial charge on any atom is -0.342 e. The Balaban J connectivity index is 2.56. The van der Waals surface area contributed by atoms with E-state index in [1.165, 1.54) is 0 Å². The monoisotopic (exact) mass is 195 g/mol. The summed E-state index contributed by atoms with van der Waals surface area (Å²) in [6.45, 7) is 7.79. The average molecular weight is 195 g/mol. The van der Waals surface area contributed by atoms with Crippen molar-refractivity contribution in [3.63, 3.8) is 0 Å². The summed E-state index contributed by atoms with van der Waals surface area (Å²) in [4.78, 5) is 13.5. The fourth-order valence-corrected chi connectivity index (χ4v) is 1.37. The Labute approximate surface area is 84.5 Å². The lowest BCUT2D eigenvalue weighted by Gasteiger charge is -2.18. The van der Waals surface area contributed by atoms with Crippen LogP contribution in [0.5, 0.6) is 0 Å². The number of rotatable bonds is 4. The van der Waals surface area contributed by atoms with Crippen molar-refractivity contribution in [2.45, 2.75) is 27.3 Å². The van der Waals surface area contributed by atoms with Gasteiger partial charge in [-0.3, -0.25) is 9.48 Å². The molecule has 0 saturated heterocycles. The molecule has 1 aromatic rings. The van der Waals surface area contributed by atoms with Gasteiger partial charge in [0.15, 0.2) is 0 Å². The van der Waals surface area contributed by atoms with Gasteiger partial charge in [0.2, 0.25) is 5.91 Å². The summed E-state index contributed by atoms with van der Waals surface area (Å²) in [5.41, 5.74) is 1.08. The first-order valence-electron chi connectivity index (χ1n) is 4.94. The number of nitrogens with zero attached hydrogens (tertiary/aromatic N) is 3. The average Bonchev–Trinajstić information content (AvgIpc) is 2.53. The molecular weight excluding hydrogens is 178 g/mol. The highest BCUT2D eigenvalue weighted by Gasteiger charge is 2.09. The van der Waals surface area contributed by atoms with Gasteiger partial charge in [-0.15, -0.1) is 0 Å². The third-order valence-corrected chi connectivity index (χ3v) is 2.18. The quantitative estimate of drug-likeness (QED) is 0.720. The molecule has 0 bridgehead atoms. The lowest BCUT2D eigenvalue weighted by Crippen LogP contribution is -2.33. The molecule has 0 aliphatic rings. The maximum Gasteiger partial charge on any atom is 0.244 e. The third kappa shape index (κ3) is 2.58. The molecule has 1 rings (SSSR count). The van der Waals surface area contributed by atoms with Crippen LogP contribution in [0.15, 0.2) is 12.4 Å². The van der Waals surface area contributed by atoms with Gasteiger partial charge in [-0.05, 0) is 26.3 Å². The van der Waals surface area contributed by atoms with Crippen molar-refractivity contribution in [2.24, 2.45) is 0 Å². The lowest BCUT2D eigenvalue weighted by atomic mass is 10.4. The van der Waals surface area contributed by atoms with Crippen molar-refractivity contribution in [2.75, 3.05) is 13.1 Å². The Morgan fingerprint density at radius 2 is 2.14 bits per heavy atom. The van der Waals surface area contributed by atoms with Crippen LogP contribution in [0.25, 0.3) is 0 Å². The molecule has 1 amide bonds. The normalized spacial score (nSPS) is 10.2. The van der Waals surface area contributed by atoms with Gasteiger partial charge in [0.1, 0.15) is 6.54 Å². The zero-order valence-corrected chi connectivity index (χ0v) is 9.03. The summed E-state index contributed by atoms with van der Waals surface area (Å²) in [6.07, 6.45) is 3.64. The maximum absolute atomic E-state index is 11.6. The number of carbonyl (C=O) groups excluding carboxylic acids is 1. The first-order chi connectivity index (χ1) is 6.67. The molecule has 14 heavy (non-hydrogen) atoms. The van der Waals surface area contributed by atoms with Crippen molar-refractivity contribution >= 4 is 5.91 Å². The standard InChI is InChI=1S/C10H17N3O/c1-4-12(5-2)10(14)8-13-7-9(3)6-11-13/h6-7H,4-5,8H2,1-3H3. The van der Waals surface area contributed by atoms with E-state index in [-0.39, 0.29) is 5.91 Å². The van der Waals surface area contributed by atoms with Crippen LogP contribution in [0.3, 0.4) is 0 Å². The Kier molecular flexibility index (Phi) is 3.68. The molecule has 0 fully saturated rings. The van der Waals surface area contributed by atoms with Crippen molar-refractivity contribution in [3.8, 4) is 0 Å². The molecule has 1 aromatic heterocycles. The van der Waals surface area contributed by atoms with E-state index in [1.54, 1.807) is 15.8 Å². The van der Waals surface area contributed by atoms with Gasteiger partial charge in [-0.25, -0.2) is 0 Å². The summed E-state index contributed by atoms with van der Waals surface area (Å²) in [5.74, 6) is 0.123. The van der Waals surface area contributed by atoms with E-state index in [0.29, 0.717) is 6.54 Å². The Morgan fingerprint density at radius 3 is 2.57 bits per heavy atom. The second-order valence-corrected chi connectivity index (χ2v) is 3.28. The van der Waals surface area contributed by atoms with E-state index in [1.807, 2.05) is 27.0 Å². The van der Waals surface area contributed by atoms with Gasteiger partial charge in [0.05, 0.1) is 6.20 Å². The Morgan fingerprint density at radius 1 is 1.50 bits per heavy atom. The lowest BCUT2D eigenvalue weighted by molar-refractivity contribution is -0.131. The SMILES string of the molecule is CCN(CC)C(=O)Cn1cc(C)cn1. The molecule has 0 spiro atoms. The van der Waals surface area contributed by atoms with Crippen LogP contribution in [-0.2, 0) is 11.3 Å². The smallest absolute Gasteiger partial charge is 0.244 e. The van der Waals surface area contributed by atoms with Crippen LogP contribution in [0.4, 0.5) is 0 Å². The number of hydrogen-bond donors (Lipinski definition) is 0. The second kappa shape index (κ2) is 4.79. The van der Waals surface area contributed by atoms with Crippen LogP contribution >= 0.6 is 0 Å². The fraction of sp³-hybridized carbons (Fsp3) is 0.600. The van der Waals surface area contributed by atoms with Gasteiger partial charge in [0.25, 0.3) is 0 Å². The zero-order valence-electron chi connectivity index (χ0n) is 9.03. The van der Waals surface area contributed by atoms with Gasteiger partial charge in [0, 0.05) is 19.3 Å². The second-order valence-electron chi connectivity index (χ2n) is 3.28. The van der Waals surface area contributed by atoms with Gasteiger partial charge in [-0.2, -0.15) is 5.10 Å². The Bertz CT molecular complexity index is 302. The van der Waals surface area contributed by atoms with E-state index >= 15 is 0 Å². The predicted molar refractivity (Wildman–Crippen MR) is 54.9 cm³/mol. The van der Waals surface area contributed by atoms with Crippen LogP contribution in [0.1, 0.15) is 19.4 Å². The summed E-state index contributed by atoms with van der Waals surface area (Å²) in [6, 6.07) is 0. The number of amides is 1. The predicted octanol–water partition coefficient (Wildman–Crippen LogP) is 1.06. The fourth-order valence-electron chi connectivity index (χ4n) is 1.37. The Hall–Kier alpha value is -1.32. The van der Waals surface area contributed by atoms with E-state index < -0.39 is 0 Å². The summed E-state index contributed by atoms with van der Waals surface area (Å²) in [5, 5.41) is 4.08. The van der Waals surface area contributed by atoms with E-state index in [9.17, 15) is 4.79 Å². The van der Waals surface area contributed by atoms with Crippen molar-refractivity contribution in [1.29, 1.82) is 0 Å². The van der Waals surface area contributed by atoms with Gasteiger partial charge >= 0.3 is 0 Å². The summed E-state index contributed by atoms with van der Waals surface area (Å²) < 4.78 is 1.68. The molecule has 0 N–H and O–H groups in total. The topological polar surface area (TPSA) is 38.1 Å². The molecule has 0 aliphatic heterocycles. The minimum atomic E-state index is 0.123. The molecule has 0 atom stereocenters. The minimum absolute atomic E-state index is 0.123. The number of aryl methyl sites for hydroxylation is 1. The molecule has 4 nitrogen and oxygen atoms in total. The van der Waals surface area contributed by atoms with Crippen molar-refractivity contribution in [3.05, 3.63) is 18.0 Å². The first kappa shape index (κ1) is 10.8. The first-order valence-corrected chi connectivity index (χ1v) is 4.94.